The number of ether oxygens (including phenoxy) is 2. The number of benzene rings is 1. The van der Waals surface area contributed by atoms with Crippen molar-refractivity contribution in [3.05, 3.63) is 29.8 Å². The summed E-state index contributed by atoms with van der Waals surface area (Å²) in [6.07, 6.45) is 13.9. The van der Waals surface area contributed by atoms with Crippen molar-refractivity contribution < 1.29 is 28.2 Å². The van der Waals surface area contributed by atoms with E-state index in [9.17, 15) is 9.69 Å². The fraction of sp³-hybridized carbons (Fsp3) is 0.731. The lowest BCUT2D eigenvalue weighted by molar-refractivity contribution is -0.136. The van der Waals surface area contributed by atoms with Crippen LogP contribution in [0, 0.1) is 0 Å². The van der Waals surface area contributed by atoms with Crippen molar-refractivity contribution in [1.29, 1.82) is 0 Å². The van der Waals surface area contributed by atoms with E-state index in [0.717, 1.165) is 13.0 Å². The Hall–Kier alpha value is -1.24. The first-order valence-electron chi connectivity index (χ1n) is 13.0. The van der Waals surface area contributed by atoms with E-state index in [2.05, 4.69) is 24.4 Å². The summed E-state index contributed by atoms with van der Waals surface area (Å²) in [6.45, 7) is 6.56. The second-order valence-corrected chi connectivity index (χ2v) is 9.45. The monoisotopic (exact) mass is 499 g/mol. The van der Waals surface area contributed by atoms with Gasteiger partial charge in [0.25, 0.3) is 6.47 Å². The molecule has 0 saturated carbocycles. The molecule has 1 aromatic rings. The molecule has 8 heteroatoms. The number of likely N-dealkylation sites (N-methyl/N-ethyl adjacent to an activating group) is 1. The predicted octanol–water partition coefficient (Wildman–Crippen LogP) is 5.93. The van der Waals surface area contributed by atoms with Crippen LogP contribution in [0.1, 0.15) is 83.6 Å². The molecule has 196 valence electrons. The second kappa shape index (κ2) is 22.2. The fourth-order valence-electron chi connectivity index (χ4n) is 3.52. The van der Waals surface area contributed by atoms with Crippen LogP contribution < -0.4 is 10.1 Å². The summed E-state index contributed by atoms with van der Waals surface area (Å²) < 4.78 is 21.2. The van der Waals surface area contributed by atoms with Crippen LogP contribution in [0.25, 0.3) is 0 Å². The molecule has 2 atom stereocenters. The number of hydrogen-bond acceptors (Lipinski definition) is 7. The van der Waals surface area contributed by atoms with E-state index in [1.165, 1.54) is 69.8 Å². The van der Waals surface area contributed by atoms with Gasteiger partial charge in [-0.05, 0) is 37.1 Å². The summed E-state index contributed by atoms with van der Waals surface area (Å²) in [6, 6.07) is 8.04. The minimum Gasteiger partial charge on any atom is -0.490 e. The van der Waals surface area contributed by atoms with Gasteiger partial charge in [-0.1, -0.05) is 83.8 Å². The summed E-state index contributed by atoms with van der Waals surface area (Å²) in [5.41, 5.74) is 1.30. The molecular formula is C26H46NO6P. The highest BCUT2D eigenvalue weighted by Crippen LogP contribution is 2.32. The van der Waals surface area contributed by atoms with Gasteiger partial charge in [0.15, 0.2) is 6.10 Å². The van der Waals surface area contributed by atoms with Crippen molar-refractivity contribution in [2.75, 3.05) is 32.9 Å². The van der Waals surface area contributed by atoms with Gasteiger partial charge in [-0.15, -0.1) is 0 Å². The second-order valence-electron chi connectivity index (χ2n) is 8.46. The van der Waals surface area contributed by atoms with E-state index >= 15 is 0 Å². The van der Waals surface area contributed by atoms with Crippen LogP contribution in [0.5, 0.6) is 5.75 Å². The van der Waals surface area contributed by atoms with Gasteiger partial charge in [0, 0.05) is 6.54 Å². The van der Waals surface area contributed by atoms with E-state index in [-0.39, 0.29) is 13.2 Å². The molecule has 0 bridgehead atoms. The first-order valence-corrected chi connectivity index (χ1v) is 14.1. The van der Waals surface area contributed by atoms with Crippen LogP contribution in [0.2, 0.25) is 0 Å². The predicted molar refractivity (Wildman–Crippen MR) is 138 cm³/mol. The first-order chi connectivity index (χ1) is 16.7. The van der Waals surface area contributed by atoms with E-state index in [1.807, 2.05) is 19.1 Å². The third-order valence-corrected chi connectivity index (χ3v) is 6.30. The van der Waals surface area contributed by atoms with Gasteiger partial charge in [0.2, 0.25) is 0 Å². The fourth-order valence-corrected chi connectivity index (χ4v) is 4.14. The normalized spacial score (nSPS) is 12.9. The lowest BCUT2D eigenvalue weighted by Crippen LogP contribution is -2.26. The van der Waals surface area contributed by atoms with Crippen molar-refractivity contribution in [3.63, 3.8) is 0 Å². The average Bonchev–Trinajstić information content (AvgIpc) is 2.85. The number of aryl methyl sites for hydroxylation is 1. The molecule has 2 N–H and O–H groups in total. The third-order valence-electron chi connectivity index (χ3n) is 5.53. The van der Waals surface area contributed by atoms with Gasteiger partial charge in [0.1, 0.15) is 12.4 Å². The first kappa shape index (κ1) is 30.8. The highest BCUT2D eigenvalue weighted by atomic mass is 31.2. The number of carbonyl (C=O) groups excluding carboxylic acids is 1. The van der Waals surface area contributed by atoms with Crippen molar-refractivity contribution in [3.8, 4) is 5.75 Å². The Bertz CT molecular complexity index is 589. The Kier molecular flexibility index (Phi) is 20.1. The molecule has 0 saturated heterocycles. The summed E-state index contributed by atoms with van der Waals surface area (Å²) in [7, 11) is -2.02. The topological polar surface area (TPSA) is 86.2 Å². The maximum atomic E-state index is 10.8. The van der Waals surface area contributed by atoms with Crippen LogP contribution in [-0.4, -0.2) is 50.4 Å². The molecule has 1 aromatic carbocycles. The molecule has 7 nitrogen and oxygen atoms in total. The van der Waals surface area contributed by atoms with Crippen molar-refractivity contribution >= 4 is 15.1 Å². The number of unbranched alkanes of at least 4 members (excludes halogenated alkanes) is 9. The summed E-state index contributed by atoms with van der Waals surface area (Å²) >= 11 is 0. The maximum Gasteiger partial charge on any atom is 0.330 e. The minimum atomic E-state index is -2.02. The highest BCUT2D eigenvalue weighted by Gasteiger charge is 2.15. The Morgan fingerprint density at radius 2 is 1.56 bits per heavy atom. The molecule has 0 aliphatic rings. The summed E-state index contributed by atoms with van der Waals surface area (Å²) in [4.78, 5) is 20.5. The molecule has 34 heavy (non-hydrogen) atoms. The van der Waals surface area contributed by atoms with Crippen LogP contribution in [0.3, 0.4) is 0 Å². The Labute approximate surface area is 207 Å². The molecule has 0 aliphatic heterocycles. The Morgan fingerprint density at radius 3 is 2.18 bits per heavy atom. The molecule has 1 rings (SSSR count). The van der Waals surface area contributed by atoms with Gasteiger partial charge >= 0.3 is 8.60 Å². The molecule has 2 unspecified atom stereocenters. The zero-order valence-electron chi connectivity index (χ0n) is 21.2. The largest absolute Gasteiger partial charge is 0.490 e. The molecule has 0 aromatic heterocycles. The zero-order valence-corrected chi connectivity index (χ0v) is 22.1. The smallest absolute Gasteiger partial charge is 0.330 e. The van der Waals surface area contributed by atoms with Gasteiger partial charge in [-0.3, -0.25) is 4.79 Å². The molecule has 0 spiro atoms. The molecule has 0 aliphatic carbocycles. The average molecular weight is 500 g/mol. The quantitative estimate of drug-likeness (QED) is 0.104. The number of carbonyl (C=O) groups is 1. The van der Waals surface area contributed by atoms with Crippen molar-refractivity contribution in [2.45, 2.75) is 90.6 Å². The summed E-state index contributed by atoms with van der Waals surface area (Å²) in [5.74, 6) is 0.708. The highest BCUT2D eigenvalue weighted by molar-refractivity contribution is 7.40. The van der Waals surface area contributed by atoms with E-state index in [0.29, 0.717) is 25.4 Å². The van der Waals surface area contributed by atoms with Gasteiger partial charge < -0.3 is 28.7 Å². The lowest BCUT2D eigenvalue weighted by Gasteiger charge is -2.18. The molecular weight excluding hydrogens is 453 g/mol. The number of rotatable bonds is 24. The van der Waals surface area contributed by atoms with Gasteiger partial charge in [-0.2, -0.15) is 0 Å². The van der Waals surface area contributed by atoms with Crippen LogP contribution in [0.15, 0.2) is 24.3 Å². The lowest BCUT2D eigenvalue weighted by atomic mass is 10.0. The standard InChI is InChI=1S/C26H46NO6P/c1-3-5-6-7-8-9-10-11-12-13-14-24-15-17-25(18-16-24)30-21-26(31-23-28)22-33-34(29)32-20-19-27-4-2/h15-18,23,26-27,29H,3-14,19-22H2,1-2H3. The third kappa shape index (κ3) is 17.2. The van der Waals surface area contributed by atoms with E-state index in [1.54, 1.807) is 0 Å². The Balaban J connectivity index is 2.17. The summed E-state index contributed by atoms with van der Waals surface area (Å²) in [5, 5.41) is 3.09. The van der Waals surface area contributed by atoms with Crippen molar-refractivity contribution in [1.82, 2.24) is 5.32 Å². The number of nitrogens with one attached hydrogen (secondary N) is 1. The maximum absolute atomic E-state index is 10.8. The van der Waals surface area contributed by atoms with Crippen LogP contribution >= 0.6 is 8.60 Å². The SMILES string of the molecule is CCCCCCCCCCCCc1ccc(OCC(COP(O)OCCNCC)OC=O)cc1. The van der Waals surface area contributed by atoms with E-state index < -0.39 is 14.7 Å². The van der Waals surface area contributed by atoms with Gasteiger partial charge in [-0.25, -0.2) is 0 Å². The minimum absolute atomic E-state index is 0.00102. The van der Waals surface area contributed by atoms with Crippen molar-refractivity contribution in [2.24, 2.45) is 0 Å². The van der Waals surface area contributed by atoms with Crippen LogP contribution in [-0.2, 0) is 25.0 Å². The molecule has 0 heterocycles. The molecule has 0 amide bonds. The van der Waals surface area contributed by atoms with E-state index in [4.69, 9.17) is 18.5 Å². The van der Waals surface area contributed by atoms with Crippen LogP contribution in [0.4, 0.5) is 0 Å². The molecule has 0 fully saturated rings. The zero-order chi connectivity index (χ0) is 24.7. The number of hydrogen-bond donors (Lipinski definition) is 2. The Morgan fingerprint density at radius 1 is 0.912 bits per heavy atom. The molecule has 0 radical (unpaired) electrons. The van der Waals surface area contributed by atoms with Gasteiger partial charge in [0.05, 0.1) is 13.2 Å².